The van der Waals surface area contributed by atoms with Gasteiger partial charge in [0.25, 0.3) is 5.91 Å². The van der Waals surface area contributed by atoms with Gasteiger partial charge in [0.1, 0.15) is 5.82 Å². The number of benzene rings is 2. The van der Waals surface area contributed by atoms with Gasteiger partial charge in [0.2, 0.25) is 5.88 Å². The molecule has 8 heteroatoms. The molecule has 1 atom stereocenters. The Morgan fingerprint density at radius 2 is 1.79 bits per heavy atom. The Balaban J connectivity index is 1.63. The van der Waals surface area contributed by atoms with Crippen molar-refractivity contribution < 1.29 is 14.3 Å². The summed E-state index contributed by atoms with van der Waals surface area (Å²) >= 11 is 6.03. The number of aromatic nitrogens is 2. The van der Waals surface area contributed by atoms with Crippen LogP contribution >= 0.6 is 11.6 Å². The highest BCUT2D eigenvalue weighted by Crippen LogP contribution is 2.24. The van der Waals surface area contributed by atoms with E-state index in [0.29, 0.717) is 22.0 Å². The van der Waals surface area contributed by atoms with Crippen molar-refractivity contribution in [2.75, 3.05) is 5.32 Å². The van der Waals surface area contributed by atoms with E-state index < -0.39 is 12.0 Å². The molecule has 0 unspecified atom stereocenters. The van der Waals surface area contributed by atoms with Crippen LogP contribution in [0.3, 0.4) is 0 Å². The molecule has 3 N–H and O–H groups in total. The van der Waals surface area contributed by atoms with Gasteiger partial charge in [-0.05, 0) is 31.5 Å². The summed E-state index contributed by atoms with van der Waals surface area (Å²) in [6, 6.07) is 16.0. The molecule has 1 aromatic heterocycles. The van der Waals surface area contributed by atoms with Gasteiger partial charge in [-0.2, -0.15) is 0 Å². The lowest BCUT2D eigenvalue weighted by atomic mass is 10.1. The standard InChI is InChI=1S/C20H19ClN4O3/c1-12-17(23-18(26)15-10-6-7-11-16(15)21)24-25-19(12)28-20(27)22-13(2)14-8-4-3-5-9-14/h3-11,13H,1-2H3,(H,22,27)(H2,23,24,25,26)/t13-/m0/s1. The highest BCUT2D eigenvalue weighted by atomic mass is 35.5. The maximum atomic E-state index is 12.4. The molecule has 2 aromatic carbocycles. The van der Waals surface area contributed by atoms with Crippen LogP contribution in [-0.4, -0.2) is 22.2 Å². The highest BCUT2D eigenvalue weighted by molar-refractivity contribution is 6.34. The zero-order valence-corrected chi connectivity index (χ0v) is 16.1. The molecule has 1 heterocycles. The van der Waals surface area contributed by atoms with Gasteiger partial charge in [-0.15, -0.1) is 5.10 Å². The molecule has 0 spiro atoms. The smallest absolute Gasteiger partial charge is 0.389 e. The molecule has 7 nitrogen and oxygen atoms in total. The predicted molar refractivity (Wildman–Crippen MR) is 107 cm³/mol. The molecule has 0 aliphatic rings. The van der Waals surface area contributed by atoms with Crippen LogP contribution in [-0.2, 0) is 0 Å². The predicted octanol–water partition coefficient (Wildman–Crippen LogP) is 4.47. The lowest BCUT2D eigenvalue weighted by Gasteiger charge is -2.13. The fraction of sp³-hybridized carbons (Fsp3) is 0.150. The summed E-state index contributed by atoms with van der Waals surface area (Å²) in [5.74, 6) is 0.00194. The topological polar surface area (TPSA) is 96.1 Å². The Hall–Kier alpha value is -3.32. The van der Waals surface area contributed by atoms with E-state index in [1.165, 1.54) is 0 Å². The summed E-state index contributed by atoms with van der Waals surface area (Å²) in [5, 5.41) is 12.3. The van der Waals surface area contributed by atoms with Crippen molar-refractivity contribution in [3.05, 3.63) is 76.3 Å². The Morgan fingerprint density at radius 1 is 1.11 bits per heavy atom. The van der Waals surface area contributed by atoms with Crippen molar-refractivity contribution in [3.8, 4) is 5.88 Å². The van der Waals surface area contributed by atoms with E-state index in [1.807, 2.05) is 37.3 Å². The number of rotatable bonds is 5. The van der Waals surface area contributed by atoms with Crippen LogP contribution in [0.1, 0.15) is 34.5 Å². The summed E-state index contributed by atoms with van der Waals surface area (Å²) in [5.41, 5.74) is 1.77. The number of carbonyl (C=O) groups is 2. The average molecular weight is 399 g/mol. The number of hydrogen-bond acceptors (Lipinski definition) is 4. The number of anilines is 1. The first-order valence-electron chi connectivity index (χ1n) is 8.60. The van der Waals surface area contributed by atoms with Gasteiger partial charge >= 0.3 is 6.09 Å². The van der Waals surface area contributed by atoms with Gasteiger partial charge in [0.05, 0.1) is 22.2 Å². The van der Waals surface area contributed by atoms with E-state index in [2.05, 4.69) is 20.8 Å². The summed E-state index contributed by atoms with van der Waals surface area (Å²) in [6.07, 6.45) is -0.644. The summed E-state index contributed by atoms with van der Waals surface area (Å²) < 4.78 is 5.26. The van der Waals surface area contributed by atoms with Gasteiger partial charge in [-0.3, -0.25) is 9.89 Å². The van der Waals surface area contributed by atoms with Gasteiger partial charge < -0.3 is 15.4 Å². The molecular weight excluding hydrogens is 380 g/mol. The Bertz CT molecular complexity index is 988. The van der Waals surface area contributed by atoms with Crippen LogP contribution in [0.5, 0.6) is 5.88 Å². The third kappa shape index (κ3) is 4.50. The number of ether oxygens (including phenoxy) is 1. The van der Waals surface area contributed by atoms with Crippen LogP contribution in [0.15, 0.2) is 54.6 Å². The first kappa shape index (κ1) is 19.4. The summed E-state index contributed by atoms with van der Waals surface area (Å²) in [4.78, 5) is 24.5. The molecule has 0 aliphatic carbocycles. The molecule has 144 valence electrons. The van der Waals surface area contributed by atoms with Gasteiger partial charge in [0, 0.05) is 0 Å². The van der Waals surface area contributed by atoms with Crippen LogP contribution in [0.25, 0.3) is 0 Å². The largest absolute Gasteiger partial charge is 0.414 e. The van der Waals surface area contributed by atoms with E-state index in [1.54, 1.807) is 31.2 Å². The minimum absolute atomic E-state index is 0.0761. The Kier molecular flexibility index (Phi) is 5.96. The molecule has 0 bridgehead atoms. The fourth-order valence-corrected chi connectivity index (χ4v) is 2.77. The number of nitrogens with one attached hydrogen (secondary N) is 3. The van der Waals surface area contributed by atoms with Crippen LogP contribution in [0, 0.1) is 6.92 Å². The molecule has 0 aliphatic heterocycles. The highest BCUT2D eigenvalue weighted by Gasteiger charge is 2.18. The SMILES string of the molecule is Cc1c(OC(=O)N[C@@H](C)c2ccccc2)n[nH]c1NC(=O)c1ccccc1Cl. The number of hydrogen-bond donors (Lipinski definition) is 3. The van der Waals surface area contributed by atoms with E-state index >= 15 is 0 Å². The fourth-order valence-electron chi connectivity index (χ4n) is 2.55. The zero-order chi connectivity index (χ0) is 20.1. The lowest BCUT2D eigenvalue weighted by molar-refractivity contribution is 0.102. The quantitative estimate of drug-likeness (QED) is 0.590. The van der Waals surface area contributed by atoms with E-state index in [4.69, 9.17) is 16.3 Å². The molecule has 3 rings (SSSR count). The van der Waals surface area contributed by atoms with E-state index in [0.717, 1.165) is 5.56 Å². The molecule has 0 saturated carbocycles. The van der Waals surface area contributed by atoms with E-state index in [-0.39, 0.29) is 11.9 Å². The molecule has 0 radical (unpaired) electrons. The second kappa shape index (κ2) is 8.58. The van der Waals surface area contributed by atoms with Crippen molar-refractivity contribution in [1.82, 2.24) is 15.5 Å². The zero-order valence-electron chi connectivity index (χ0n) is 15.3. The molecule has 2 amide bonds. The molecule has 0 saturated heterocycles. The van der Waals surface area contributed by atoms with Gasteiger partial charge in [0.15, 0.2) is 0 Å². The Morgan fingerprint density at radius 3 is 2.50 bits per heavy atom. The second-order valence-electron chi connectivity index (χ2n) is 6.13. The third-order valence-corrected chi connectivity index (χ3v) is 4.47. The first-order valence-corrected chi connectivity index (χ1v) is 8.97. The number of aromatic amines is 1. The van der Waals surface area contributed by atoms with Crippen LogP contribution in [0.4, 0.5) is 10.6 Å². The number of halogens is 1. The number of amides is 2. The van der Waals surface area contributed by atoms with Crippen molar-refractivity contribution in [2.24, 2.45) is 0 Å². The van der Waals surface area contributed by atoms with Gasteiger partial charge in [-0.25, -0.2) is 4.79 Å². The van der Waals surface area contributed by atoms with Crippen molar-refractivity contribution in [1.29, 1.82) is 0 Å². The Labute approximate surface area is 167 Å². The maximum absolute atomic E-state index is 12.4. The summed E-state index contributed by atoms with van der Waals surface area (Å²) in [7, 11) is 0. The third-order valence-electron chi connectivity index (χ3n) is 4.15. The minimum Gasteiger partial charge on any atom is -0.389 e. The van der Waals surface area contributed by atoms with Crippen molar-refractivity contribution in [2.45, 2.75) is 19.9 Å². The average Bonchev–Trinajstić information content (AvgIpc) is 3.02. The maximum Gasteiger partial charge on any atom is 0.414 e. The molecule has 3 aromatic rings. The number of H-pyrrole nitrogens is 1. The minimum atomic E-state index is -0.644. The van der Waals surface area contributed by atoms with Crippen LogP contribution in [0.2, 0.25) is 5.02 Å². The number of carbonyl (C=O) groups excluding carboxylic acids is 2. The normalized spacial score (nSPS) is 11.5. The molecular formula is C20H19ClN4O3. The molecule has 0 fully saturated rings. The second-order valence-corrected chi connectivity index (χ2v) is 6.54. The first-order chi connectivity index (χ1) is 13.5. The number of nitrogens with zero attached hydrogens (tertiary/aromatic N) is 1. The molecule has 28 heavy (non-hydrogen) atoms. The lowest BCUT2D eigenvalue weighted by Crippen LogP contribution is -2.29. The van der Waals surface area contributed by atoms with Crippen molar-refractivity contribution in [3.63, 3.8) is 0 Å². The van der Waals surface area contributed by atoms with Gasteiger partial charge in [-0.1, -0.05) is 54.1 Å². The van der Waals surface area contributed by atoms with Crippen molar-refractivity contribution >= 4 is 29.4 Å². The van der Waals surface area contributed by atoms with Crippen LogP contribution < -0.4 is 15.4 Å². The monoisotopic (exact) mass is 398 g/mol. The van der Waals surface area contributed by atoms with E-state index in [9.17, 15) is 9.59 Å². The summed E-state index contributed by atoms with van der Waals surface area (Å²) in [6.45, 7) is 3.53.